The predicted octanol–water partition coefficient (Wildman–Crippen LogP) is 1.71. The Labute approximate surface area is 126 Å². The molecule has 2 fully saturated rings. The minimum atomic E-state index is -0.819. The summed E-state index contributed by atoms with van der Waals surface area (Å²) in [5.74, 6) is 0.0930. The molecule has 21 heavy (non-hydrogen) atoms. The van der Waals surface area contributed by atoms with Crippen molar-refractivity contribution in [1.82, 2.24) is 4.90 Å². The van der Waals surface area contributed by atoms with Gasteiger partial charge in [-0.3, -0.25) is 4.79 Å². The van der Waals surface area contributed by atoms with Crippen molar-refractivity contribution in [1.29, 1.82) is 0 Å². The standard InChI is InChI=1S/C15H27N3O3/c1-2-12-11-18(9-10-21-12)14(19)15(13(16)17-20)7-5-3-4-6-8-15/h12,20H,2-11H2,1H3,(H2,16,17). The summed E-state index contributed by atoms with van der Waals surface area (Å²) in [6.45, 7) is 3.83. The number of hydrogen-bond donors (Lipinski definition) is 2. The van der Waals surface area contributed by atoms with Crippen molar-refractivity contribution >= 4 is 11.7 Å². The molecule has 1 unspecified atom stereocenters. The van der Waals surface area contributed by atoms with Gasteiger partial charge < -0.3 is 20.6 Å². The number of hydrogen-bond acceptors (Lipinski definition) is 4. The molecule has 6 heteroatoms. The van der Waals surface area contributed by atoms with Crippen molar-refractivity contribution in [3.05, 3.63) is 0 Å². The van der Waals surface area contributed by atoms with Gasteiger partial charge in [-0.15, -0.1) is 0 Å². The second-order valence-electron chi connectivity index (χ2n) is 6.13. The minimum Gasteiger partial charge on any atom is -0.409 e. The molecule has 0 radical (unpaired) electrons. The molecule has 1 heterocycles. The van der Waals surface area contributed by atoms with Crippen LogP contribution in [-0.2, 0) is 9.53 Å². The first-order valence-corrected chi connectivity index (χ1v) is 8.03. The SMILES string of the molecule is CCC1CN(C(=O)C2(C(N)=NO)CCCCCC2)CCO1. The van der Waals surface area contributed by atoms with E-state index in [1.54, 1.807) is 0 Å². The molecule has 1 atom stereocenters. The zero-order chi connectivity index (χ0) is 15.3. The maximum atomic E-state index is 13.1. The molecule has 1 aliphatic heterocycles. The molecule has 3 N–H and O–H groups in total. The number of oxime groups is 1. The van der Waals surface area contributed by atoms with Gasteiger partial charge in [0.15, 0.2) is 5.84 Å². The molecule has 2 rings (SSSR count). The summed E-state index contributed by atoms with van der Waals surface area (Å²) in [6.07, 6.45) is 6.44. The van der Waals surface area contributed by atoms with E-state index < -0.39 is 5.41 Å². The minimum absolute atomic E-state index is 0.0152. The maximum absolute atomic E-state index is 13.1. The fourth-order valence-electron chi connectivity index (χ4n) is 3.46. The number of amides is 1. The second kappa shape index (κ2) is 7.11. The first-order chi connectivity index (χ1) is 10.1. The molecule has 1 saturated carbocycles. The van der Waals surface area contributed by atoms with Gasteiger partial charge in [-0.2, -0.15) is 0 Å². The van der Waals surface area contributed by atoms with Crippen LogP contribution in [0.15, 0.2) is 5.16 Å². The number of morpholine rings is 1. The van der Waals surface area contributed by atoms with Gasteiger partial charge in [-0.25, -0.2) is 0 Å². The molecular weight excluding hydrogens is 270 g/mol. The number of nitrogens with two attached hydrogens (primary N) is 1. The number of amidine groups is 1. The highest BCUT2D eigenvalue weighted by Gasteiger charge is 2.46. The Morgan fingerprint density at radius 3 is 2.62 bits per heavy atom. The predicted molar refractivity (Wildman–Crippen MR) is 80.2 cm³/mol. The number of carbonyl (C=O) groups excluding carboxylic acids is 1. The Bertz CT molecular complexity index is 390. The Hall–Kier alpha value is -1.30. The summed E-state index contributed by atoms with van der Waals surface area (Å²) in [5, 5.41) is 12.4. The summed E-state index contributed by atoms with van der Waals surface area (Å²) in [4.78, 5) is 14.9. The molecule has 1 aliphatic carbocycles. The molecular formula is C15H27N3O3. The van der Waals surface area contributed by atoms with Crippen molar-refractivity contribution in [2.75, 3.05) is 19.7 Å². The van der Waals surface area contributed by atoms with Crippen LogP contribution < -0.4 is 5.73 Å². The van der Waals surface area contributed by atoms with Gasteiger partial charge in [0.05, 0.1) is 12.7 Å². The molecule has 0 spiro atoms. The van der Waals surface area contributed by atoms with Gasteiger partial charge in [0.25, 0.3) is 0 Å². The van der Waals surface area contributed by atoms with Gasteiger partial charge >= 0.3 is 0 Å². The summed E-state index contributed by atoms with van der Waals surface area (Å²) in [5.41, 5.74) is 5.13. The summed E-state index contributed by atoms with van der Waals surface area (Å²) < 4.78 is 5.63. The molecule has 0 bridgehead atoms. The van der Waals surface area contributed by atoms with Crippen molar-refractivity contribution in [2.24, 2.45) is 16.3 Å². The van der Waals surface area contributed by atoms with Crippen molar-refractivity contribution in [2.45, 2.75) is 58.0 Å². The van der Waals surface area contributed by atoms with Crippen LogP contribution in [0.2, 0.25) is 0 Å². The molecule has 2 aliphatic rings. The fourth-order valence-corrected chi connectivity index (χ4v) is 3.46. The summed E-state index contributed by atoms with van der Waals surface area (Å²) >= 11 is 0. The highest BCUT2D eigenvalue weighted by Crippen LogP contribution is 2.37. The first-order valence-electron chi connectivity index (χ1n) is 8.03. The lowest BCUT2D eigenvalue weighted by Gasteiger charge is -2.39. The van der Waals surface area contributed by atoms with Crippen molar-refractivity contribution in [3.8, 4) is 0 Å². The summed E-state index contributed by atoms with van der Waals surface area (Å²) in [7, 11) is 0. The van der Waals surface area contributed by atoms with Crippen LogP contribution in [0.3, 0.4) is 0 Å². The van der Waals surface area contributed by atoms with Crippen LogP contribution in [0.5, 0.6) is 0 Å². The van der Waals surface area contributed by atoms with E-state index in [-0.39, 0.29) is 17.8 Å². The van der Waals surface area contributed by atoms with Crippen LogP contribution >= 0.6 is 0 Å². The lowest BCUT2D eigenvalue weighted by molar-refractivity contribution is -0.146. The van der Waals surface area contributed by atoms with E-state index in [0.29, 0.717) is 32.5 Å². The van der Waals surface area contributed by atoms with Gasteiger partial charge in [0.2, 0.25) is 5.91 Å². The van der Waals surface area contributed by atoms with E-state index in [2.05, 4.69) is 12.1 Å². The number of nitrogens with zero attached hydrogens (tertiary/aromatic N) is 2. The van der Waals surface area contributed by atoms with Crippen LogP contribution in [-0.4, -0.2) is 47.7 Å². The van der Waals surface area contributed by atoms with Crippen LogP contribution in [0.1, 0.15) is 51.9 Å². The molecule has 120 valence electrons. The van der Waals surface area contributed by atoms with Crippen molar-refractivity contribution < 1.29 is 14.7 Å². The molecule has 1 amide bonds. The highest BCUT2D eigenvalue weighted by atomic mass is 16.5. The number of ether oxygens (including phenoxy) is 1. The second-order valence-corrected chi connectivity index (χ2v) is 6.13. The average Bonchev–Trinajstić information content (AvgIpc) is 2.80. The topological polar surface area (TPSA) is 88.2 Å². The smallest absolute Gasteiger partial charge is 0.236 e. The molecule has 1 saturated heterocycles. The quantitative estimate of drug-likeness (QED) is 0.273. The highest BCUT2D eigenvalue weighted by molar-refractivity contribution is 6.06. The van der Waals surface area contributed by atoms with Gasteiger partial charge in [-0.05, 0) is 19.3 Å². The Kier molecular flexibility index (Phi) is 5.45. The normalized spacial score (nSPS) is 27.2. The third-order valence-corrected chi connectivity index (χ3v) is 4.85. The number of rotatable bonds is 3. The average molecular weight is 297 g/mol. The van der Waals surface area contributed by atoms with Crippen LogP contribution in [0, 0.1) is 5.41 Å². The lowest BCUT2D eigenvalue weighted by Crippen LogP contribution is -2.55. The maximum Gasteiger partial charge on any atom is 0.236 e. The third kappa shape index (κ3) is 3.31. The van der Waals surface area contributed by atoms with Gasteiger partial charge in [0, 0.05) is 13.1 Å². The Balaban J connectivity index is 2.21. The molecule has 0 aromatic rings. The number of carbonyl (C=O) groups is 1. The third-order valence-electron chi connectivity index (χ3n) is 4.85. The van der Waals surface area contributed by atoms with E-state index in [1.807, 2.05) is 4.90 Å². The monoisotopic (exact) mass is 297 g/mol. The van der Waals surface area contributed by atoms with Crippen molar-refractivity contribution in [3.63, 3.8) is 0 Å². The Morgan fingerprint density at radius 2 is 2.05 bits per heavy atom. The van der Waals surface area contributed by atoms with Crippen LogP contribution in [0.4, 0.5) is 0 Å². The zero-order valence-electron chi connectivity index (χ0n) is 12.9. The van der Waals surface area contributed by atoms with E-state index in [0.717, 1.165) is 32.1 Å². The van der Waals surface area contributed by atoms with E-state index in [4.69, 9.17) is 15.7 Å². The van der Waals surface area contributed by atoms with E-state index in [9.17, 15) is 4.79 Å². The van der Waals surface area contributed by atoms with Crippen LogP contribution in [0.25, 0.3) is 0 Å². The van der Waals surface area contributed by atoms with Gasteiger partial charge in [0.1, 0.15) is 5.41 Å². The zero-order valence-corrected chi connectivity index (χ0v) is 12.9. The summed E-state index contributed by atoms with van der Waals surface area (Å²) in [6, 6.07) is 0. The lowest BCUT2D eigenvalue weighted by atomic mass is 9.77. The molecule has 6 nitrogen and oxygen atoms in total. The largest absolute Gasteiger partial charge is 0.409 e. The first kappa shape index (κ1) is 16.1. The fraction of sp³-hybridized carbons (Fsp3) is 0.867. The molecule has 0 aromatic carbocycles. The molecule has 0 aromatic heterocycles. The van der Waals surface area contributed by atoms with E-state index in [1.165, 1.54) is 0 Å². The Morgan fingerprint density at radius 1 is 1.38 bits per heavy atom. The van der Waals surface area contributed by atoms with Gasteiger partial charge in [-0.1, -0.05) is 37.8 Å². The van der Waals surface area contributed by atoms with E-state index >= 15 is 0 Å².